The minimum Gasteiger partial charge on any atom is -0.387 e. The Morgan fingerprint density at radius 2 is 1.80 bits per heavy atom. The highest BCUT2D eigenvalue weighted by molar-refractivity contribution is 5.75. The lowest BCUT2D eigenvalue weighted by Crippen LogP contribution is -2.68. The van der Waals surface area contributed by atoms with E-state index in [0.29, 0.717) is 31.8 Å². The van der Waals surface area contributed by atoms with Crippen molar-refractivity contribution in [3.05, 3.63) is 23.8 Å². The van der Waals surface area contributed by atoms with Crippen molar-refractivity contribution in [2.45, 2.75) is 114 Å². The molecule has 4 unspecified atom stereocenters. The van der Waals surface area contributed by atoms with E-state index in [1.807, 2.05) is 7.05 Å². The van der Waals surface area contributed by atoms with Gasteiger partial charge in [-0.2, -0.15) is 0 Å². The molecule has 0 spiro atoms. The lowest BCUT2D eigenvalue weighted by molar-refractivity contribution is -0.129. The Balaban J connectivity index is 0.972. The van der Waals surface area contributed by atoms with Gasteiger partial charge in [-0.15, -0.1) is 0 Å². The summed E-state index contributed by atoms with van der Waals surface area (Å²) in [5.74, 6) is 0.714. The van der Waals surface area contributed by atoms with E-state index in [-0.39, 0.29) is 30.0 Å². The van der Waals surface area contributed by atoms with E-state index < -0.39 is 24.5 Å². The number of rotatable bonds is 8. The minimum atomic E-state index is -0.956. The molecular weight excluding hydrogens is 520 g/mol. The van der Waals surface area contributed by atoms with Crippen LogP contribution < -0.4 is 27.0 Å². The number of nitrogens with one attached hydrogen (secondary N) is 4. The maximum Gasteiger partial charge on any atom is 0.142 e. The first-order chi connectivity index (χ1) is 19.5. The van der Waals surface area contributed by atoms with Gasteiger partial charge in [0.05, 0.1) is 49.3 Å². The van der Waals surface area contributed by atoms with Crippen molar-refractivity contribution in [3.8, 4) is 0 Å². The van der Waals surface area contributed by atoms with E-state index in [1.165, 1.54) is 36.2 Å². The van der Waals surface area contributed by atoms with E-state index in [1.54, 1.807) is 0 Å². The summed E-state index contributed by atoms with van der Waals surface area (Å²) in [7, 11) is 2.04. The Morgan fingerprint density at radius 3 is 2.54 bits per heavy atom. The summed E-state index contributed by atoms with van der Waals surface area (Å²) < 4.78 is 6.40. The summed E-state index contributed by atoms with van der Waals surface area (Å²) in [6.07, 6.45) is 1.91. The highest BCUT2D eigenvalue weighted by Gasteiger charge is 2.53. The number of ether oxygens (including phenoxy) is 1. The Labute approximate surface area is 245 Å². The van der Waals surface area contributed by atoms with Crippen LogP contribution in [0.25, 0.3) is 0 Å². The van der Waals surface area contributed by atoms with Crippen LogP contribution in [0.5, 0.6) is 0 Å². The third kappa shape index (κ3) is 5.73. The van der Waals surface area contributed by atoms with Crippen molar-refractivity contribution in [1.29, 1.82) is 0 Å². The molecule has 4 aliphatic heterocycles. The molecule has 8 atom stereocenters. The number of aliphatic hydroxyl groups excluding tert-OH is 2. The summed E-state index contributed by atoms with van der Waals surface area (Å²) >= 11 is 0. The zero-order valence-corrected chi connectivity index (χ0v) is 25.4. The first kappa shape index (κ1) is 29.5. The van der Waals surface area contributed by atoms with Gasteiger partial charge < -0.3 is 31.3 Å². The molecule has 3 saturated heterocycles. The van der Waals surface area contributed by atoms with Gasteiger partial charge in [-0.05, 0) is 68.3 Å². The molecular formula is C30H52N8O3. The van der Waals surface area contributed by atoms with E-state index in [9.17, 15) is 10.2 Å². The van der Waals surface area contributed by atoms with Crippen LogP contribution in [0.1, 0.15) is 58.9 Å². The molecule has 0 amide bonds. The minimum absolute atomic E-state index is 0.00342. The van der Waals surface area contributed by atoms with Crippen LogP contribution in [-0.2, 0) is 10.2 Å². The number of hydrogen-bond donors (Lipinski definition) is 7. The largest absolute Gasteiger partial charge is 0.387 e. The molecule has 1 saturated carbocycles. The predicted octanol–water partition coefficient (Wildman–Crippen LogP) is 0.810. The Morgan fingerprint density at radius 1 is 1.05 bits per heavy atom. The molecule has 1 aromatic rings. The molecule has 11 heteroatoms. The van der Waals surface area contributed by atoms with Crippen molar-refractivity contribution < 1.29 is 14.9 Å². The van der Waals surface area contributed by atoms with E-state index in [4.69, 9.17) is 10.5 Å². The molecule has 1 aromatic carbocycles. The van der Waals surface area contributed by atoms with Crippen molar-refractivity contribution in [1.82, 2.24) is 25.3 Å². The molecule has 11 nitrogen and oxygen atoms in total. The first-order valence-electron chi connectivity index (χ1n) is 15.6. The van der Waals surface area contributed by atoms with Crippen LogP contribution >= 0.6 is 0 Å². The van der Waals surface area contributed by atoms with E-state index in [0.717, 1.165) is 13.0 Å². The van der Waals surface area contributed by atoms with Gasteiger partial charge in [0.2, 0.25) is 0 Å². The third-order valence-electron chi connectivity index (χ3n) is 10.2. The molecule has 8 N–H and O–H groups in total. The van der Waals surface area contributed by atoms with Crippen molar-refractivity contribution in [2.75, 3.05) is 44.1 Å². The summed E-state index contributed by atoms with van der Waals surface area (Å²) in [6, 6.07) is 7.27. The van der Waals surface area contributed by atoms with Gasteiger partial charge in [0.1, 0.15) is 24.5 Å². The number of hydrogen-bond acceptors (Lipinski definition) is 11. The number of aliphatic hydroxyl groups is 2. The molecule has 0 aromatic heterocycles. The summed E-state index contributed by atoms with van der Waals surface area (Å²) in [6.45, 7) is 11.7. The SMILES string of the molecule is CCN(C[C@H]1O[C@@H](N2CNC3C(N)NCN(C)C32)[C@H](O)[C@@H]1O)[C@H]1C[C@@H](CCC2Nc3ccc(C(C)(C)C)cc3N2)C1. The average Bonchev–Trinajstić information content (AvgIpc) is 3.60. The number of benzene rings is 1. The van der Waals surface area contributed by atoms with E-state index >= 15 is 0 Å². The Kier molecular flexibility index (Phi) is 8.29. The molecule has 1 aliphatic carbocycles. The Hall–Kier alpha value is -1.54. The normalized spacial score (nSPS) is 39.3. The van der Waals surface area contributed by atoms with Crippen molar-refractivity contribution in [3.63, 3.8) is 0 Å². The maximum atomic E-state index is 11.0. The van der Waals surface area contributed by atoms with Crippen LogP contribution in [0.4, 0.5) is 11.4 Å². The summed E-state index contributed by atoms with van der Waals surface area (Å²) in [5, 5.41) is 36.1. The van der Waals surface area contributed by atoms with Gasteiger partial charge in [0.15, 0.2) is 0 Å². The molecule has 41 heavy (non-hydrogen) atoms. The fourth-order valence-corrected chi connectivity index (χ4v) is 7.54. The molecule has 4 fully saturated rings. The van der Waals surface area contributed by atoms with Gasteiger partial charge in [0, 0.05) is 12.6 Å². The third-order valence-corrected chi connectivity index (χ3v) is 10.2. The topological polar surface area (TPSA) is 134 Å². The van der Waals surface area contributed by atoms with E-state index in [2.05, 4.69) is 81.9 Å². The quantitative estimate of drug-likeness (QED) is 0.239. The van der Waals surface area contributed by atoms with Crippen LogP contribution in [0.3, 0.4) is 0 Å². The van der Waals surface area contributed by atoms with Gasteiger partial charge in [0.25, 0.3) is 0 Å². The number of anilines is 2. The van der Waals surface area contributed by atoms with Crippen molar-refractivity contribution >= 4 is 11.4 Å². The van der Waals surface area contributed by atoms with Gasteiger partial charge >= 0.3 is 0 Å². The second-order valence-corrected chi connectivity index (χ2v) is 14.0. The van der Waals surface area contributed by atoms with Crippen LogP contribution in [0, 0.1) is 5.92 Å². The number of nitrogens with two attached hydrogens (primary N) is 1. The number of likely N-dealkylation sites (N-methyl/N-ethyl adjacent to an activating group) is 2. The van der Waals surface area contributed by atoms with Crippen LogP contribution in [0.15, 0.2) is 18.2 Å². The highest BCUT2D eigenvalue weighted by Crippen LogP contribution is 2.39. The first-order valence-corrected chi connectivity index (χ1v) is 15.6. The second kappa shape index (κ2) is 11.5. The lowest BCUT2D eigenvalue weighted by Gasteiger charge is -2.44. The molecule has 4 heterocycles. The monoisotopic (exact) mass is 572 g/mol. The molecule has 5 aliphatic rings. The highest BCUT2D eigenvalue weighted by atomic mass is 16.6. The van der Waals surface area contributed by atoms with Crippen LogP contribution in [-0.4, -0.2) is 114 Å². The number of fused-ring (bicyclic) bond motifs is 2. The molecule has 6 rings (SSSR count). The zero-order valence-electron chi connectivity index (χ0n) is 25.4. The second-order valence-electron chi connectivity index (χ2n) is 14.0. The van der Waals surface area contributed by atoms with Gasteiger partial charge in [-0.1, -0.05) is 33.8 Å². The zero-order chi connectivity index (χ0) is 29.1. The molecule has 0 bridgehead atoms. The molecule has 230 valence electrons. The van der Waals surface area contributed by atoms with Gasteiger partial charge in [-0.25, -0.2) is 4.90 Å². The Bertz CT molecular complexity index is 1060. The fraction of sp³-hybridized carbons (Fsp3) is 0.800. The average molecular weight is 573 g/mol. The molecule has 0 radical (unpaired) electrons. The summed E-state index contributed by atoms with van der Waals surface area (Å²) in [5.41, 5.74) is 10.2. The smallest absolute Gasteiger partial charge is 0.142 e. The van der Waals surface area contributed by atoms with Crippen LogP contribution in [0.2, 0.25) is 0 Å². The standard InChI is InChI=1S/C30H52N8O3/c1-6-37(14-22-25(39)26(40)29(41-22)38-16-32-24-27(31)33-15-36(5)28(24)38)19-11-17(12-19)7-10-23-34-20-9-8-18(30(2,3)4)13-21(20)35-23/h8-9,13,17,19,22-29,32-35,39-40H,6-7,10-12,14-16,31H2,1-5H3/t17-,19+,22-,23?,24?,25-,26-,27?,28?,29-/m1/s1. The van der Waals surface area contributed by atoms with Crippen molar-refractivity contribution in [2.24, 2.45) is 11.7 Å². The van der Waals surface area contributed by atoms with Gasteiger partial charge in [-0.3, -0.25) is 20.4 Å². The lowest BCUT2D eigenvalue weighted by atomic mass is 9.76. The number of nitrogens with zero attached hydrogens (tertiary/aromatic N) is 3. The fourth-order valence-electron chi connectivity index (χ4n) is 7.54. The predicted molar refractivity (Wildman–Crippen MR) is 161 cm³/mol. The maximum absolute atomic E-state index is 11.0. The summed E-state index contributed by atoms with van der Waals surface area (Å²) in [4.78, 5) is 6.73.